The van der Waals surface area contributed by atoms with E-state index in [1.165, 1.54) is 4.31 Å². The van der Waals surface area contributed by atoms with Crippen LogP contribution < -0.4 is 0 Å². The van der Waals surface area contributed by atoms with E-state index < -0.39 is 10.0 Å². The Bertz CT molecular complexity index is 553. The Labute approximate surface area is 126 Å². The van der Waals surface area contributed by atoms with Gasteiger partial charge in [0.05, 0.1) is 18.5 Å². The highest BCUT2D eigenvalue weighted by atomic mass is 32.2. The van der Waals surface area contributed by atoms with Gasteiger partial charge in [-0.25, -0.2) is 12.7 Å². The number of sulfonamides is 1. The zero-order valence-electron chi connectivity index (χ0n) is 12.4. The maximum atomic E-state index is 12.4. The molecule has 118 valence electrons. The number of hydrogen-bond donors (Lipinski definition) is 1. The zero-order valence-corrected chi connectivity index (χ0v) is 13.2. The Hall–Kier alpha value is -0.950. The maximum Gasteiger partial charge on any atom is 0.218 e. The number of hydrogen-bond acceptors (Lipinski definition) is 4. The van der Waals surface area contributed by atoms with E-state index in [0.29, 0.717) is 12.1 Å². The highest BCUT2D eigenvalue weighted by Gasteiger charge is 2.23. The van der Waals surface area contributed by atoms with Crippen molar-refractivity contribution < 1.29 is 18.3 Å². The van der Waals surface area contributed by atoms with Crippen molar-refractivity contribution in [3.8, 4) is 0 Å². The Morgan fingerprint density at radius 2 is 2.10 bits per heavy atom. The van der Waals surface area contributed by atoms with Gasteiger partial charge in [-0.15, -0.1) is 0 Å². The first kappa shape index (κ1) is 16.4. The minimum atomic E-state index is -3.37. The predicted octanol–water partition coefficient (Wildman–Crippen LogP) is 1.51. The monoisotopic (exact) mass is 313 g/mol. The van der Waals surface area contributed by atoms with Crippen LogP contribution in [0.5, 0.6) is 0 Å². The van der Waals surface area contributed by atoms with E-state index in [0.717, 1.165) is 31.4 Å². The van der Waals surface area contributed by atoms with Crippen LogP contribution in [0.2, 0.25) is 0 Å². The van der Waals surface area contributed by atoms with Crippen LogP contribution in [0.15, 0.2) is 24.3 Å². The molecule has 0 amide bonds. The Balaban J connectivity index is 1.99. The summed E-state index contributed by atoms with van der Waals surface area (Å²) >= 11 is 0. The molecule has 5 nitrogen and oxygen atoms in total. The summed E-state index contributed by atoms with van der Waals surface area (Å²) in [7, 11) is -1.77. The lowest BCUT2D eigenvalue weighted by molar-refractivity contribution is 0.00857. The molecule has 1 unspecified atom stereocenters. The molecular formula is C15H23NO4S. The van der Waals surface area contributed by atoms with Crippen LogP contribution in [0, 0.1) is 0 Å². The molecule has 1 heterocycles. The summed E-state index contributed by atoms with van der Waals surface area (Å²) in [6.45, 7) is 1.04. The predicted molar refractivity (Wildman–Crippen MR) is 81.2 cm³/mol. The first-order valence-corrected chi connectivity index (χ1v) is 8.86. The average molecular weight is 313 g/mol. The van der Waals surface area contributed by atoms with Gasteiger partial charge in [-0.3, -0.25) is 0 Å². The summed E-state index contributed by atoms with van der Waals surface area (Å²) in [5.41, 5.74) is 1.42. The maximum absolute atomic E-state index is 12.4. The van der Waals surface area contributed by atoms with Crippen molar-refractivity contribution in [1.82, 2.24) is 4.31 Å². The van der Waals surface area contributed by atoms with Gasteiger partial charge in [0.15, 0.2) is 0 Å². The van der Waals surface area contributed by atoms with Crippen LogP contribution in [0.1, 0.15) is 30.4 Å². The van der Waals surface area contributed by atoms with Gasteiger partial charge in [-0.05, 0) is 30.4 Å². The highest BCUT2D eigenvalue weighted by molar-refractivity contribution is 7.88. The molecule has 0 aromatic heterocycles. The van der Waals surface area contributed by atoms with Crippen LogP contribution in [0.3, 0.4) is 0 Å². The molecule has 1 aliphatic heterocycles. The molecule has 0 spiro atoms. The van der Waals surface area contributed by atoms with Gasteiger partial charge in [-0.2, -0.15) is 0 Å². The summed E-state index contributed by atoms with van der Waals surface area (Å²) in [6, 6.07) is 7.03. The highest BCUT2D eigenvalue weighted by Crippen LogP contribution is 2.17. The fraction of sp³-hybridized carbons (Fsp3) is 0.600. The van der Waals surface area contributed by atoms with Gasteiger partial charge in [-0.1, -0.05) is 24.3 Å². The van der Waals surface area contributed by atoms with Crippen molar-refractivity contribution in [3.05, 3.63) is 35.4 Å². The number of ether oxygens (including phenoxy) is 1. The molecule has 21 heavy (non-hydrogen) atoms. The third-order valence-corrected chi connectivity index (χ3v) is 5.53. The van der Waals surface area contributed by atoms with Crippen LogP contribution in [0.4, 0.5) is 0 Å². The van der Waals surface area contributed by atoms with E-state index in [2.05, 4.69) is 0 Å². The molecule has 1 aromatic carbocycles. The summed E-state index contributed by atoms with van der Waals surface area (Å²) < 4.78 is 31.7. The summed E-state index contributed by atoms with van der Waals surface area (Å²) in [4.78, 5) is 0. The molecule has 1 N–H and O–H groups in total. The van der Waals surface area contributed by atoms with Crippen molar-refractivity contribution >= 4 is 10.0 Å². The Kier molecular flexibility index (Phi) is 5.75. The van der Waals surface area contributed by atoms with E-state index in [9.17, 15) is 8.42 Å². The number of likely N-dealkylation sites (N-methyl/N-ethyl adjacent to an activating group) is 1. The molecule has 1 saturated heterocycles. The molecule has 1 atom stereocenters. The number of benzene rings is 1. The third kappa shape index (κ3) is 4.78. The molecule has 0 saturated carbocycles. The first-order chi connectivity index (χ1) is 10.0. The smallest absolute Gasteiger partial charge is 0.218 e. The molecule has 0 radical (unpaired) electrons. The molecule has 1 aliphatic rings. The van der Waals surface area contributed by atoms with E-state index in [4.69, 9.17) is 9.84 Å². The van der Waals surface area contributed by atoms with Gasteiger partial charge in [0.2, 0.25) is 10.0 Å². The minimum Gasteiger partial charge on any atom is -0.392 e. The van der Waals surface area contributed by atoms with Gasteiger partial charge in [0, 0.05) is 20.2 Å². The SMILES string of the molecule is CN(CC1CCCCO1)S(=O)(=O)Cc1cccc(CO)c1. The molecular weight excluding hydrogens is 290 g/mol. The van der Waals surface area contributed by atoms with Crippen molar-refractivity contribution in [2.45, 2.75) is 37.7 Å². The summed E-state index contributed by atoms with van der Waals surface area (Å²) in [5, 5.41) is 9.11. The fourth-order valence-electron chi connectivity index (χ4n) is 2.49. The quantitative estimate of drug-likeness (QED) is 0.864. The van der Waals surface area contributed by atoms with E-state index in [1.54, 1.807) is 31.3 Å². The normalized spacial score (nSPS) is 19.9. The molecule has 2 rings (SSSR count). The Morgan fingerprint density at radius 3 is 2.76 bits per heavy atom. The van der Waals surface area contributed by atoms with E-state index >= 15 is 0 Å². The van der Waals surface area contributed by atoms with Crippen LogP contribution in [-0.2, 0) is 27.1 Å². The van der Waals surface area contributed by atoms with Crippen molar-refractivity contribution in [3.63, 3.8) is 0 Å². The minimum absolute atomic E-state index is 0.00213. The molecule has 0 bridgehead atoms. The number of aliphatic hydroxyl groups is 1. The standard InChI is InChI=1S/C15H23NO4S/c1-16(10-15-7-2-3-8-20-15)21(18,19)12-14-6-4-5-13(9-14)11-17/h4-6,9,15,17H,2-3,7-8,10-12H2,1H3. The van der Waals surface area contributed by atoms with Crippen LogP contribution in [-0.4, -0.2) is 44.1 Å². The molecule has 1 fully saturated rings. The van der Waals surface area contributed by atoms with Crippen LogP contribution >= 0.6 is 0 Å². The third-order valence-electron chi connectivity index (χ3n) is 3.73. The molecule has 0 aliphatic carbocycles. The lowest BCUT2D eigenvalue weighted by atomic mass is 10.1. The van der Waals surface area contributed by atoms with E-state index in [1.807, 2.05) is 0 Å². The van der Waals surface area contributed by atoms with E-state index in [-0.39, 0.29) is 18.5 Å². The second-order valence-electron chi connectivity index (χ2n) is 5.50. The Morgan fingerprint density at radius 1 is 1.33 bits per heavy atom. The lowest BCUT2D eigenvalue weighted by Crippen LogP contribution is -2.37. The van der Waals surface area contributed by atoms with Gasteiger partial charge < -0.3 is 9.84 Å². The number of rotatable bonds is 6. The second kappa shape index (κ2) is 7.35. The second-order valence-corrected chi connectivity index (χ2v) is 7.58. The lowest BCUT2D eigenvalue weighted by Gasteiger charge is -2.27. The topological polar surface area (TPSA) is 66.8 Å². The first-order valence-electron chi connectivity index (χ1n) is 7.25. The summed E-state index contributed by atoms with van der Waals surface area (Å²) in [5.74, 6) is -0.0515. The van der Waals surface area contributed by atoms with Gasteiger partial charge in [0.25, 0.3) is 0 Å². The van der Waals surface area contributed by atoms with Gasteiger partial charge in [0.1, 0.15) is 0 Å². The fourth-order valence-corrected chi connectivity index (χ4v) is 3.70. The zero-order chi connectivity index (χ0) is 15.3. The molecule has 6 heteroatoms. The molecule has 1 aromatic rings. The van der Waals surface area contributed by atoms with Gasteiger partial charge >= 0.3 is 0 Å². The average Bonchev–Trinajstić information content (AvgIpc) is 2.48. The largest absolute Gasteiger partial charge is 0.392 e. The number of aliphatic hydroxyl groups excluding tert-OH is 1. The van der Waals surface area contributed by atoms with Crippen molar-refractivity contribution in [1.29, 1.82) is 0 Å². The summed E-state index contributed by atoms with van der Waals surface area (Å²) in [6.07, 6.45) is 3.07. The van der Waals surface area contributed by atoms with Crippen LogP contribution in [0.25, 0.3) is 0 Å². The van der Waals surface area contributed by atoms with Crippen molar-refractivity contribution in [2.24, 2.45) is 0 Å². The number of nitrogens with zero attached hydrogens (tertiary/aromatic N) is 1. The van der Waals surface area contributed by atoms with Crippen molar-refractivity contribution in [2.75, 3.05) is 20.2 Å².